The van der Waals surface area contributed by atoms with Crippen LogP contribution in [-0.4, -0.2) is 19.2 Å². The van der Waals surface area contributed by atoms with Crippen molar-refractivity contribution in [3.05, 3.63) is 109 Å². The molecule has 3 heterocycles. The van der Waals surface area contributed by atoms with Crippen molar-refractivity contribution in [2.45, 2.75) is 34.3 Å². The zero-order valence-corrected chi connectivity index (χ0v) is 21.9. The predicted molar refractivity (Wildman–Crippen MR) is 144 cm³/mol. The lowest BCUT2D eigenvalue weighted by Gasteiger charge is -2.12. The molecule has 5 rings (SSSR count). The molecule has 0 amide bonds. The maximum atomic E-state index is 13.6. The Labute approximate surface area is 218 Å². The van der Waals surface area contributed by atoms with Gasteiger partial charge in [-0.2, -0.15) is 5.10 Å². The summed E-state index contributed by atoms with van der Waals surface area (Å²) in [5.41, 5.74) is 6.82. The lowest BCUT2D eigenvalue weighted by atomic mass is 10.1. The second kappa shape index (κ2) is 9.45. The maximum absolute atomic E-state index is 13.6. The van der Waals surface area contributed by atoms with Crippen molar-refractivity contribution in [3.63, 3.8) is 0 Å². The summed E-state index contributed by atoms with van der Waals surface area (Å²) in [5, 5.41) is 5.86. The van der Waals surface area contributed by atoms with Gasteiger partial charge in [-0.1, -0.05) is 47.0 Å². The Morgan fingerprint density at radius 3 is 2.53 bits per heavy atom. The Kier molecular flexibility index (Phi) is 6.33. The monoisotopic (exact) mass is 518 g/mol. The number of fused-ring (bicyclic) bond motifs is 1. The second-order valence-corrected chi connectivity index (χ2v) is 9.68. The Balaban J connectivity index is 1.55. The number of rotatable bonds is 5. The van der Waals surface area contributed by atoms with Crippen molar-refractivity contribution in [2.75, 3.05) is 0 Å². The summed E-state index contributed by atoms with van der Waals surface area (Å²) < 4.78 is 9.38. The molecule has 0 saturated heterocycles. The Morgan fingerprint density at radius 2 is 1.78 bits per heavy atom. The van der Waals surface area contributed by atoms with Crippen LogP contribution in [0, 0.1) is 27.7 Å². The van der Waals surface area contributed by atoms with E-state index in [0.717, 1.165) is 22.5 Å². The average molecular weight is 519 g/mol. The molecule has 0 N–H and O–H groups in total. The Hall–Kier alpha value is -3.61. The number of hydrogen-bond acceptors (Lipinski definition) is 4. The van der Waals surface area contributed by atoms with E-state index in [2.05, 4.69) is 26.0 Å². The minimum absolute atomic E-state index is 0.210. The van der Waals surface area contributed by atoms with Gasteiger partial charge in [0.1, 0.15) is 12.3 Å². The van der Waals surface area contributed by atoms with Gasteiger partial charge in [-0.15, -0.1) is 0 Å². The van der Waals surface area contributed by atoms with Crippen LogP contribution in [0.4, 0.5) is 0 Å². The highest BCUT2D eigenvalue weighted by molar-refractivity contribution is 6.35. The molecular formula is C28H24Cl2N4O2. The summed E-state index contributed by atoms with van der Waals surface area (Å²) in [6.07, 6.45) is 1.68. The van der Waals surface area contributed by atoms with Crippen LogP contribution in [-0.2, 0) is 6.61 Å². The highest BCUT2D eigenvalue weighted by Gasteiger charge is 2.19. The minimum Gasteiger partial charge on any atom is -0.485 e. The molecule has 182 valence electrons. The van der Waals surface area contributed by atoms with Crippen LogP contribution in [0.5, 0.6) is 5.75 Å². The molecular weight excluding hydrogens is 495 g/mol. The van der Waals surface area contributed by atoms with Gasteiger partial charge in [-0.3, -0.25) is 9.20 Å². The summed E-state index contributed by atoms with van der Waals surface area (Å²) in [6.45, 7) is 8.12. The number of nitrogens with zero attached hydrogens (tertiary/aromatic N) is 4. The fourth-order valence-electron chi connectivity index (χ4n) is 4.33. The van der Waals surface area contributed by atoms with Crippen molar-refractivity contribution in [1.82, 2.24) is 19.2 Å². The Bertz CT molecular complexity index is 1690. The summed E-state index contributed by atoms with van der Waals surface area (Å²) in [7, 11) is 0. The first-order chi connectivity index (χ1) is 17.2. The largest absolute Gasteiger partial charge is 0.485 e. The van der Waals surface area contributed by atoms with Crippen LogP contribution in [0.1, 0.15) is 28.1 Å². The van der Waals surface area contributed by atoms with Crippen molar-refractivity contribution in [2.24, 2.45) is 0 Å². The molecule has 36 heavy (non-hydrogen) atoms. The molecule has 0 spiro atoms. The molecule has 0 bridgehead atoms. The zero-order chi connectivity index (χ0) is 25.6. The molecule has 0 aliphatic rings. The molecule has 0 atom stereocenters. The standard InChI is InChI=1S/C28H24Cl2N4O2/c1-16-7-10-24(17(2)12-16)34-18(3)13-23(32-34)26-19(4)31-27-25(6-5-11-33(27)28(26)35)36-15-20-8-9-21(29)14-22(20)30/h5-14H,15H2,1-4H3. The Morgan fingerprint density at radius 1 is 0.972 bits per heavy atom. The van der Waals surface area contributed by atoms with Crippen molar-refractivity contribution < 1.29 is 4.74 Å². The van der Waals surface area contributed by atoms with E-state index < -0.39 is 0 Å². The number of aryl methyl sites for hydroxylation is 4. The lowest BCUT2D eigenvalue weighted by molar-refractivity contribution is 0.308. The van der Waals surface area contributed by atoms with Gasteiger partial charge in [0.05, 0.1) is 16.9 Å². The van der Waals surface area contributed by atoms with Gasteiger partial charge < -0.3 is 4.74 Å². The fraction of sp³-hybridized carbons (Fsp3) is 0.179. The van der Waals surface area contributed by atoms with Crippen LogP contribution in [0.25, 0.3) is 22.6 Å². The molecule has 3 aromatic heterocycles. The lowest BCUT2D eigenvalue weighted by Crippen LogP contribution is -2.19. The second-order valence-electron chi connectivity index (χ2n) is 8.84. The predicted octanol–water partition coefficient (Wildman–Crippen LogP) is 6.67. The molecule has 0 unspecified atom stereocenters. The third-order valence-corrected chi connectivity index (χ3v) is 6.71. The molecule has 0 fully saturated rings. The molecule has 0 radical (unpaired) electrons. The van der Waals surface area contributed by atoms with E-state index in [1.807, 2.05) is 36.7 Å². The molecule has 0 saturated carbocycles. The molecule has 5 aromatic rings. The first kappa shape index (κ1) is 24.1. The maximum Gasteiger partial charge on any atom is 0.267 e. The van der Waals surface area contributed by atoms with E-state index >= 15 is 0 Å². The van der Waals surface area contributed by atoms with Crippen LogP contribution in [0.15, 0.2) is 65.6 Å². The van der Waals surface area contributed by atoms with Gasteiger partial charge in [-0.05, 0) is 69.7 Å². The number of benzene rings is 2. The molecule has 6 nitrogen and oxygen atoms in total. The van der Waals surface area contributed by atoms with Gasteiger partial charge in [0.15, 0.2) is 11.4 Å². The summed E-state index contributed by atoms with van der Waals surface area (Å²) >= 11 is 12.3. The number of aromatic nitrogens is 4. The number of halogens is 2. The first-order valence-electron chi connectivity index (χ1n) is 11.5. The van der Waals surface area contributed by atoms with Gasteiger partial charge in [0.25, 0.3) is 5.56 Å². The minimum atomic E-state index is -0.210. The molecule has 2 aromatic carbocycles. The fourth-order valence-corrected chi connectivity index (χ4v) is 4.79. The van der Waals surface area contributed by atoms with E-state index in [1.165, 1.54) is 9.96 Å². The van der Waals surface area contributed by atoms with E-state index in [4.69, 9.17) is 38.0 Å². The summed E-state index contributed by atoms with van der Waals surface area (Å²) in [6, 6.07) is 16.9. The van der Waals surface area contributed by atoms with Gasteiger partial charge in [0, 0.05) is 27.5 Å². The van der Waals surface area contributed by atoms with E-state index in [9.17, 15) is 4.79 Å². The molecule has 0 aliphatic heterocycles. The average Bonchev–Trinajstić information content (AvgIpc) is 3.19. The van der Waals surface area contributed by atoms with E-state index in [0.29, 0.717) is 38.4 Å². The third kappa shape index (κ3) is 4.38. The quantitative estimate of drug-likeness (QED) is 0.260. The third-order valence-electron chi connectivity index (χ3n) is 6.12. The smallest absolute Gasteiger partial charge is 0.267 e. The summed E-state index contributed by atoms with van der Waals surface area (Å²) in [5.74, 6) is 0.479. The number of pyridine rings is 1. The van der Waals surface area contributed by atoms with E-state index in [1.54, 1.807) is 30.5 Å². The molecule has 8 heteroatoms. The first-order valence-corrected chi connectivity index (χ1v) is 12.2. The van der Waals surface area contributed by atoms with Crippen molar-refractivity contribution in [1.29, 1.82) is 0 Å². The van der Waals surface area contributed by atoms with Gasteiger partial charge in [-0.25, -0.2) is 9.67 Å². The normalized spacial score (nSPS) is 11.3. The van der Waals surface area contributed by atoms with Crippen LogP contribution in [0.3, 0.4) is 0 Å². The zero-order valence-electron chi connectivity index (χ0n) is 20.3. The van der Waals surface area contributed by atoms with Crippen LogP contribution >= 0.6 is 23.2 Å². The van der Waals surface area contributed by atoms with Gasteiger partial charge in [0.2, 0.25) is 0 Å². The number of ether oxygens (including phenoxy) is 1. The highest BCUT2D eigenvalue weighted by atomic mass is 35.5. The number of hydrogen-bond donors (Lipinski definition) is 0. The SMILES string of the molecule is Cc1ccc(-n2nc(-c3c(C)nc4c(OCc5ccc(Cl)cc5Cl)cccn4c3=O)cc2C)c(C)c1. The van der Waals surface area contributed by atoms with Crippen molar-refractivity contribution >= 4 is 28.8 Å². The van der Waals surface area contributed by atoms with Crippen LogP contribution < -0.4 is 10.3 Å². The van der Waals surface area contributed by atoms with E-state index in [-0.39, 0.29) is 12.2 Å². The topological polar surface area (TPSA) is 61.4 Å². The molecule has 0 aliphatic carbocycles. The van der Waals surface area contributed by atoms with Crippen LogP contribution in [0.2, 0.25) is 10.0 Å². The van der Waals surface area contributed by atoms with Gasteiger partial charge >= 0.3 is 0 Å². The summed E-state index contributed by atoms with van der Waals surface area (Å²) in [4.78, 5) is 18.4. The highest BCUT2D eigenvalue weighted by Crippen LogP contribution is 2.27. The van der Waals surface area contributed by atoms with Crippen molar-refractivity contribution in [3.8, 4) is 22.7 Å².